The molecule has 1 N–H and O–H groups in total. The zero-order valence-electron chi connectivity index (χ0n) is 14.3. The molecule has 2 aromatic carbocycles. The number of carbonyl (C=O) groups excluding carboxylic acids is 2. The maximum Gasteiger partial charge on any atom is 0.339 e. The van der Waals surface area contributed by atoms with Crippen molar-refractivity contribution in [1.82, 2.24) is 4.90 Å². The van der Waals surface area contributed by atoms with Crippen LogP contribution in [0.3, 0.4) is 0 Å². The number of esters is 1. The Morgan fingerprint density at radius 2 is 1.80 bits per heavy atom. The quantitative estimate of drug-likeness (QED) is 0.852. The van der Waals surface area contributed by atoms with Crippen LogP contribution in [0.2, 0.25) is 0 Å². The van der Waals surface area contributed by atoms with E-state index < -0.39 is 5.97 Å². The smallest absolute Gasteiger partial charge is 0.339 e. The van der Waals surface area contributed by atoms with Gasteiger partial charge in [0, 0.05) is 26.1 Å². The van der Waals surface area contributed by atoms with Gasteiger partial charge in [-0.1, -0.05) is 36.4 Å². The van der Waals surface area contributed by atoms with Gasteiger partial charge in [0.05, 0.1) is 18.4 Å². The molecule has 1 aliphatic rings. The van der Waals surface area contributed by atoms with Crippen LogP contribution < -0.4 is 5.32 Å². The summed E-state index contributed by atoms with van der Waals surface area (Å²) in [5, 5.41) is 2.82. The Balaban J connectivity index is 1.55. The number of nitrogens with zero attached hydrogens (tertiary/aromatic N) is 1. The minimum atomic E-state index is -0.455. The highest BCUT2D eigenvalue weighted by molar-refractivity contribution is 6.01. The van der Waals surface area contributed by atoms with Crippen molar-refractivity contribution in [3.63, 3.8) is 0 Å². The van der Waals surface area contributed by atoms with Gasteiger partial charge in [0.25, 0.3) is 0 Å². The van der Waals surface area contributed by atoms with Crippen LogP contribution in [-0.4, -0.2) is 37.0 Å². The normalized spacial score (nSPS) is 13.8. The molecule has 0 fully saturated rings. The molecule has 0 saturated heterocycles. The van der Waals surface area contributed by atoms with Gasteiger partial charge in [-0.3, -0.25) is 9.69 Å². The summed E-state index contributed by atoms with van der Waals surface area (Å²) in [5.74, 6) is -0.557. The molecule has 130 valence electrons. The van der Waals surface area contributed by atoms with Crippen molar-refractivity contribution in [2.75, 3.05) is 25.5 Å². The highest BCUT2D eigenvalue weighted by atomic mass is 16.5. The second-order valence-electron chi connectivity index (χ2n) is 6.13. The zero-order valence-corrected chi connectivity index (χ0v) is 14.3. The highest BCUT2D eigenvalue weighted by Gasteiger charge is 2.17. The molecule has 0 atom stereocenters. The first-order chi connectivity index (χ1) is 12.2. The Hall–Kier alpha value is -2.66. The Bertz CT molecular complexity index is 773. The van der Waals surface area contributed by atoms with E-state index in [-0.39, 0.29) is 5.91 Å². The molecule has 5 nitrogen and oxygen atoms in total. The standard InChI is InChI=1S/C20H22N2O3/c1-25-20(24)17-8-4-5-9-18(17)21-19(23)11-13-22-12-10-15-6-2-3-7-16(15)14-22/h2-9H,10-14H2,1H3,(H,21,23). The van der Waals surface area contributed by atoms with Crippen LogP contribution in [-0.2, 0) is 22.5 Å². The first-order valence-corrected chi connectivity index (χ1v) is 8.43. The third kappa shape index (κ3) is 4.25. The van der Waals surface area contributed by atoms with Crippen molar-refractivity contribution in [2.45, 2.75) is 19.4 Å². The maximum atomic E-state index is 12.3. The molecule has 0 aromatic heterocycles. The fraction of sp³-hybridized carbons (Fsp3) is 0.300. The van der Waals surface area contributed by atoms with Crippen LogP contribution in [0.1, 0.15) is 27.9 Å². The lowest BCUT2D eigenvalue weighted by Crippen LogP contribution is -2.33. The van der Waals surface area contributed by atoms with Crippen molar-refractivity contribution < 1.29 is 14.3 Å². The maximum absolute atomic E-state index is 12.3. The lowest BCUT2D eigenvalue weighted by atomic mass is 10.00. The van der Waals surface area contributed by atoms with Gasteiger partial charge in [0.1, 0.15) is 0 Å². The lowest BCUT2D eigenvalue weighted by molar-refractivity contribution is -0.116. The van der Waals surface area contributed by atoms with Crippen molar-refractivity contribution >= 4 is 17.6 Å². The van der Waals surface area contributed by atoms with E-state index in [0.717, 1.165) is 19.5 Å². The summed E-state index contributed by atoms with van der Waals surface area (Å²) >= 11 is 0. The average molecular weight is 338 g/mol. The van der Waals surface area contributed by atoms with Crippen molar-refractivity contribution in [3.8, 4) is 0 Å². The van der Waals surface area contributed by atoms with Gasteiger partial charge < -0.3 is 10.1 Å². The van der Waals surface area contributed by atoms with Gasteiger partial charge >= 0.3 is 5.97 Å². The Labute approximate surface area is 147 Å². The molecule has 5 heteroatoms. The summed E-state index contributed by atoms with van der Waals surface area (Å²) in [6.45, 7) is 2.53. The number of hydrogen-bond donors (Lipinski definition) is 1. The van der Waals surface area contributed by atoms with E-state index in [0.29, 0.717) is 24.2 Å². The largest absolute Gasteiger partial charge is 0.465 e. The molecule has 0 bridgehead atoms. The number of anilines is 1. The number of amides is 1. The lowest BCUT2D eigenvalue weighted by Gasteiger charge is -2.28. The second kappa shape index (κ2) is 7.94. The van der Waals surface area contributed by atoms with Gasteiger partial charge in [-0.15, -0.1) is 0 Å². The van der Waals surface area contributed by atoms with Crippen LogP contribution in [0.25, 0.3) is 0 Å². The molecule has 3 rings (SSSR count). The molecular formula is C20H22N2O3. The minimum Gasteiger partial charge on any atom is -0.465 e. The van der Waals surface area contributed by atoms with Crippen molar-refractivity contribution in [3.05, 3.63) is 65.2 Å². The van der Waals surface area contributed by atoms with E-state index in [4.69, 9.17) is 4.74 Å². The first-order valence-electron chi connectivity index (χ1n) is 8.43. The number of hydrogen-bond acceptors (Lipinski definition) is 4. The van der Waals surface area contributed by atoms with E-state index >= 15 is 0 Å². The predicted molar refractivity (Wildman–Crippen MR) is 96.5 cm³/mol. The van der Waals surface area contributed by atoms with E-state index in [1.807, 2.05) is 0 Å². The molecule has 0 radical (unpaired) electrons. The Morgan fingerprint density at radius 3 is 2.60 bits per heavy atom. The van der Waals surface area contributed by atoms with Gasteiger partial charge in [-0.25, -0.2) is 4.79 Å². The summed E-state index contributed by atoms with van der Waals surface area (Å²) in [4.78, 5) is 26.3. The fourth-order valence-corrected chi connectivity index (χ4v) is 3.10. The second-order valence-corrected chi connectivity index (χ2v) is 6.13. The zero-order chi connectivity index (χ0) is 17.6. The Morgan fingerprint density at radius 1 is 1.08 bits per heavy atom. The predicted octanol–water partition coefficient (Wildman–Crippen LogP) is 2.86. The number of ether oxygens (including phenoxy) is 1. The van der Waals surface area contributed by atoms with Gasteiger partial charge in [-0.2, -0.15) is 0 Å². The summed E-state index contributed by atoms with van der Waals surface area (Å²) in [7, 11) is 1.33. The number of nitrogens with one attached hydrogen (secondary N) is 1. The number of rotatable bonds is 5. The topological polar surface area (TPSA) is 58.6 Å². The van der Waals surface area contributed by atoms with Gasteiger partial charge in [0.2, 0.25) is 5.91 Å². The number of para-hydroxylation sites is 1. The molecule has 25 heavy (non-hydrogen) atoms. The highest BCUT2D eigenvalue weighted by Crippen LogP contribution is 2.19. The number of benzene rings is 2. The molecular weight excluding hydrogens is 316 g/mol. The Kier molecular flexibility index (Phi) is 5.46. The number of fused-ring (bicyclic) bond motifs is 1. The molecule has 0 unspecified atom stereocenters. The van der Waals surface area contributed by atoms with Gasteiger partial charge in [-0.05, 0) is 29.7 Å². The molecule has 0 aliphatic carbocycles. The van der Waals surface area contributed by atoms with E-state index in [1.165, 1.54) is 18.2 Å². The van der Waals surface area contributed by atoms with Crippen LogP contribution in [0.5, 0.6) is 0 Å². The van der Waals surface area contributed by atoms with Crippen molar-refractivity contribution in [2.24, 2.45) is 0 Å². The average Bonchev–Trinajstić information content (AvgIpc) is 2.66. The van der Waals surface area contributed by atoms with Crippen LogP contribution in [0.15, 0.2) is 48.5 Å². The van der Waals surface area contributed by atoms with Gasteiger partial charge in [0.15, 0.2) is 0 Å². The molecule has 1 amide bonds. The van der Waals surface area contributed by atoms with Crippen LogP contribution in [0, 0.1) is 0 Å². The number of carbonyl (C=O) groups is 2. The summed E-state index contributed by atoms with van der Waals surface area (Å²) in [5.41, 5.74) is 3.59. The monoisotopic (exact) mass is 338 g/mol. The van der Waals surface area contributed by atoms with Crippen LogP contribution >= 0.6 is 0 Å². The summed E-state index contributed by atoms with van der Waals surface area (Å²) in [6, 6.07) is 15.3. The molecule has 0 spiro atoms. The minimum absolute atomic E-state index is 0.102. The molecule has 1 aliphatic heterocycles. The third-order valence-electron chi connectivity index (χ3n) is 4.47. The van der Waals surface area contributed by atoms with E-state index in [2.05, 4.69) is 34.5 Å². The molecule has 1 heterocycles. The van der Waals surface area contributed by atoms with E-state index in [9.17, 15) is 9.59 Å². The van der Waals surface area contributed by atoms with Crippen LogP contribution in [0.4, 0.5) is 5.69 Å². The third-order valence-corrected chi connectivity index (χ3v) is 4.47. The fourth-order valence-electron chi connectivity index (χ4n) is 3.10. The first kappa shape index (κ1) is 17.2. The van der Waals surface area contributed by atoms with E-state index in [1.54, 1.807) is 24.3 Å². The molecule has 2 aromatic rings. The number of methoxy groups -OCH3 is 1. The summed E-state index contributed by atoms with van der Waals surface area (Å²) in [6.07, 6.45) is 1.40. The molecule has 0 saturated carbocycles. The van der Waals surface area contributed by atoms with Crippen molar-refractivity contribution in [1.29, 1.82) is 0 Å². The summed E-state index contributed by atoms with van der Waals surface area (Å²) < 4.78 is 4.75. The SMILES string of the molecule is COC(=O)c1ccccc1NC(=O)CCN1CCc2ccccc2C1.